The van der Waals surface area contributed by atoms with Gasteiger partial charge in [0, 0.05) is 5.69 Å². The van der Waals surface area contributed by atoms with E-state index in [1.807, 2.05) is 0 Å². The molecule has 15 heavy (non-hydrogen) atoms. The normalized spacial score (nSPS) is 10.5. The highest BCUT2D eigenvalue weighted by atomic mass is 19.4. The van der Waals surface area contributed by atoms with E-state index in [9.17, 15) is 18.0 Å². The van der Waals surface area contributed by atoms with E-state index in [0.29, 0.717) is 0 Å². The van der Waals surface area contributed by atoms with Crippen LogP contribution < -0.4 is 5.32 Å². The number of hydrogen-bond donors (Lipinski definition) is 1. The van der Waals surface area contributed by atoms with Gasteiger partial charge in [0.25, 0.3) is 5.91 Å². The number of amides is 1. The highest BCUT2D eigenvalue weighted by molar-refractivity contribution is 6.03. The first-order chi connectivity index (χ1) is 6.93. The van der Waals surface area contributed by atoms with Crippen molar-refractivity contribution in [3.63, 3.8) is 0 Å². The predicted molar refractivity (Wildman–Crippen MR) is 48.9 cm³/mol. The number of terminal acetylenes is 1. The summed E-state index contributed by atoms with van der Waals surface area (Å²) in [7, 11) is 0. The molecule has 0 atom stereocenters. The average molecular weight is 213 g/mol. The van der Waals surface area contributed by atoms with Crippen molar-refractivity contribution in [2.45, 2.75) is 6.18 Å². The molecular formula is C10H6F3NO. The van der Waals surface area contributed by atoms with Crippen LogP contribution in [0, 0.1) is 12.3 Å². The van der Waals surface area contributed by atoms with E-state index in [1.165, 1.54) is 0 Å². The Morgan fingerprint density at radius 3 is 2.20 bits per heavy atom. The number of carbonyl (C=O) groups excluding carboxylic acids is 1. The Morgan fingerprint density at radius 2 is 1.80 bits per heavy atom. The number of hydrogen-bond acceptors (Lipinski definition) is 1. The Labute approximate surface area is 84.1 Å². The number of anilines is 1. The fraction of sp³-hybridized carbons (Fsp3) is 0.100. The molecule has 0 aliphatic rings. The monoisotopic (exact) mass is 213 g/mol. The lowest BCUT2D eigenvalue weighted by atomic mass is 10.2. The van der Waals surface area contributed by atoms with Crippen LogP contribution in [-0.2, 0) is 11.0 Å². The van der Waals surface area contributed by atoms with Crippen molar-refractivity contribution in [3.8, 4) is 12.3 Å². The van der Waals surface area contributed by atoms with E-state index in [2.05, 4.69) is 5.32 Å². The van der Waals surface area contributed by atoms with Gasteiger partial charge in [0.05, 0.1) is 5.56 Å². The maximum Gasteiger partial charge on any atom is 0.416 e. The third kappa shape index (κ3) is 3.02. The molecule has 0 fully saturated rings. The third-order valence-electron chi connectivity index (χ3n) is 1.60. The summed E-state index contributed by atoms with van der Waals surface area (Å²) in [5.74, 6) is 1.09. The molecule has 0 saturated heterocycles. The molecule has 0 aromatic heterocycles. The molecule has 0 radical (unpaired) electrons. The molecule has 0 spiro atoms. The lowest BCUT2D eigenvalue weighted by Gasteiger charge is -2.07. The first-order valence-electron chi connectivity index (χ1n) is 3.88. The second-order valence-corrected chi connectivity index (χ2v) is 2.67. The molecule has 0 heterocycles. The summed E-state index contributed by atoms with van der Waals surface area (Å²) in [6.07, 6.45) is 0.397. The second-order valence-electron chi connectivity index (χ2n) is 2.67. The molecule has 0 unspecified atom stereocenters. The third-order valence-corrected chi connectivity index (χ3v) is 1.60. The molecule has 5 heteroatoms. The number of carbonyl (C=O) groups is 1. The Morgan fingerprint density at radius 1 is 1.27 bits per heavy atom. The minimum Gasteiger partial charge on any atom is -0.315 e. The van der Waals surface area contributed by atoms with Crippen molar-refractivity contribution in [2.24, 2.45) is 0 Å². The van der Waals surface area contributed by atoms with Gasteiger partial charge in [-0.3, -0.25) is 4.79 Å². The topological polar surface area (TPSA) is 29.1 Å². The van der Waals surface area contributed by atoms with Crippen LogP contribution in [0.15, 0.2) is 24.3 Å². The van der Waals surface area contributed by atoms with Crippen molar-refractivity contribution < 1.29 is 18.0 Å². The van der Waals surface area contributed by atoms with Gasteiger partial charge in [-0.2, -0.15) is 13.2 Å². The van der Waals surface area contributed by atoms with Crippen LogP contribution >= 0.6 is 0 Å². The first kappa shape index (κ1) is 11.1. The van der Waals surface area contributed by atoms with Gasteiger partial charge in [-0.25, -0.2) is 0 Å². The van der Waals surface area contributed by atoms with Crippen LogP contribution in [0.2, 0.25) is 0 Å². The minimum atomic E-state index is -4.38. The summed E-state index contributed by atoms with van der Waals surface area (Å²) in [5.41, 5.74) is -0.549. The average Bonchev–Trinajstić information content (AvgIpc) is 2.17. The van der Waals surface area contributed by atoms with Gasteiger partial charge >= 0.3 is 6.18 Å². The Balaban J connectivity index is 2.83. The van der Waals surface area contributed by atoms with E-state index in [-0.39, 0.29) is 5.69 Å². The highest BCUT2D eigenvalue weighted by Gasteiger charge is 2.29. The van der Waals surface area contributed by atoms with E-state index >= 15 is 0 Å². The number of rotatable bonds is 1. The molecule has 0 aliphatic carbocycles. The summed E-state index contributed by atoms with van der Waals surface area (Å²) in [4.78, 5) is 10.7. The van der Waals surface area contributed by atoms with E-state index in [1.54, 1.807) is 5.92 Å². The van der Waals surface area contributed by atoms with Gasteiger partial charge in [0.15, 0.2) is 0 Å². The molecule has 1 N–H and O–H groups in total. The van der Waals surface area contributed by atoms with Gasteiger partial charge in [0.1, 0.15) is 0 Å². The first-order valence-corrected chi connectivity index (χ1v) is 3.88. The maximum atomic E-state index is 12.1. The molecule has 0 saturated carbocycles. The van der Waals surface area contributed by atoms with Gasteiger partial charge in [-0.1, -0.05) is 0 Å². The maximum absolute atomic E-state index is 12.1. The number of halogens is 3. The lowest BCUT2D eigenvalue weighted by Crippen LogP contribution is -2.09. The summed E-state index contributed by atoms with van der Waals surface area (Å²) in [6.45, 7) is 0. The summed E-state index contributed by atoms with van der Waals surface area (Å²) >= 11 is 0. The molecular weight excluding hydrogens is 207 g/mol. The van der Waals surface area contributed by atoms with Crippen LogP contribution in [0.1, 0.15) is 5.56 Å². The van der Waals surface area contributed by atoms with E-state index < -0.39 is 17.6 Å². The minimum absolute atomic E-state index is 0.228. The zero-order chi connectivity index (χ0) is 11.5. The molecule has 0 aliphatic heterocycles. The number of nitrogens with one attached hydrogen (secondary N) is 1. The van der Waals surface area contributed by atoms with Crippen molar-refractivity contribution in [1.29, 1.82) is 0 Å². The molecule has 78 valence electrons. The van der Waals surface area contributed by atoms with Crippen molar-refractivity contribution >= 4 is 11.6 Å². The fourth-order valence-corrected chi connectivity index (χ4v) is 0.910. The molecule has 2 nitrogen and oxygen atoms in total. The van der Waals surface area contributed by atoms with E-state index in [0.717, 1.165) is 24.3 Å². The Kier molecular flexibility index (Phi) is 3.00. The SMILES string of the molecule is C#CC(=O)Nc1ccc(C(F)(F)F)cc1. The molecule has 1 aromatic rings. The summed E-state index contributed by atoms with van der Waals surface area (Å²) in [6, 6.07) is 4.01. The molecule has 0 bridgehead atoms. The Hall–Kier alpha value is -1.96. The lowest BCUT2D eigenvalue weighted by molar-refractivity contribution is -0.137. The second kappa shape index (κ2) is 4.05. The van der Waals surface area contributed by atoms with Crippen LogP contribution in [0.4, 0.5) is 18.9 Å². The number of benzene rings is 1. The van der Waals surface area contributed by atoms with Gasteiger partial charge in [-0.15, -0.1) is 6.42 Å². The standard InChI is InChI=1S/C10H6F3NO/c1-2-9(15)14-8-5-3-7(4-6-8)10(11,12)13/h1,3-6H,(H,14,15). The van der Waals surface area contributed by atoms with E-state index in [4.69, 9.17) is 6.42 Å². The summed E-state index contributed by atoms with van der Waals surface area (Å²) < 4.78 is 36.4. The smallest absolute Gasteiger partial charge is 0.315 e. The molecule has 1 rings (SSSR count). The predicted octanol–water partition coefficient (Wildman–Crippen LogP) is 2.28. The zero-order valence-electron chi connectivity index (χ0n) is 7.43. The van der Waals surface area contributed by atoms with Gasteiger partial charge < -0.3 is 5.32 Å². The van der Waals surface area contributed by atoms with Crippen molar-refractivity contribution in [3.05, 3.63) is 29.8 Å². The zero-order valence-corrected chi connectivity index (χ0v) is 7.43. The number of alkyl halides is 3. The van der Waals surface area contributed by atoms with Gasteiger partial charge in [0.2, 0.25) is 0 Å². The van der Waals surface area contributed by atoms with Crippen LogP contribution in [0.5, 0.6) is 0 Å². The van der Waals surface area contributed by atoms with Crippen molar-refractivity contribution in [2.75, 3.05) is 5.32 Å². The summed E-state index contributed by atoms with van der Waals surface area (Å²) in [5, 5.41) is 2.23. The largest absolute Gasteiger partial charge is 0.416 e. The van der Waals surface area contributed by atoms with Crippen molar-refractivity contribution in [1.82, 2.24) is 0 Å². The Bertz CT molecular complexity index is 400. The fourth-order valence-electron chi connectivity index (χ4n) is 0.910. The van der Waals surface area contributed by atoms with Crippen LogP contribution in [-0.4, -0.2) is 5.91 Å². The quantitative estimate of drug-likeness (QED) is 0.712. The molecule has 1 amide bonds. The van der Waals surface area contributed by atoms with Gasteiger partial charge in [-0.05, 0) is 30.2 Å². The van der Waals surface area contributed by atoms with Crippen LogP contribution in [0.25, 0.3) is 0 Å². The van der Waals surface area contributed by atoms with Crippen LogP contribution in [0.3, 0.4) is 0 Å². The highest BCUT2D eigenvalue weighted by Crippen LogP contribution is 2.29. The molecule has 1 aromatic carbocycles.